The van der Waals surface area contributed by atoms with Crippen molar-refractivity contribution in [1.29, 1.82) is 0 Å². The smallest absolute Gasteiger partial charge is 0.478 e. The average Bonchev–Trinajstić information content (AvgIpc) is 1.88. The number of carbonyl (C=O) groups is 1. The predicted octanol–water partition coefficient (Wildman–Crippen LogP) is 0.778. The van der Waals surface area contributed by atoms with Crippen molar-refractivity contribution in [1.82, 2.24) is 17.2 Å². The first-order valence-corrected chi connectivity index (χ1v) is 3.02. The third kappa shape index (κ3) is 5.57. The molecule has 1 heterocycles. The van der Waals surface area contributed by atoms with Gasteiger partial charge in [0.15, 0.2) is 0 Å². The third-order valence-corrected chi connectivity index (χ3v) is 1.30. The molecule has 0 aromatic rings. The monoisotopic (exact) mass is 368 g/mol. The molecule has 0 spiro atoms. The largest absolute Gasteiger partial charge is 4.00 e. The molecule has 0 aromatic carbocycles. The van der Waals surface area contributed by atoms with Gasteiger partial charge in [0, 0.05) is 19.8 Å². The molecule has 0 fully saturated rings. The number of carboxylic acid groups (broad SMARTS) is 1. The van der Waals surface area contributed by atoms with Crippen LogP contribution in [0.3, 0.4) is 0 Å². The van der Waals surface area contributed by atoms with Crippen LogP contribution in [0.4, 0.5) is 0 Å². The zero-order valence-electron chi connectivity index (χ0n) is 7.47. The van der Waals surface area contributed by atoms with Crippen molar-refractivity contribution in [2.45, 2.75) is 0 Å². The Morgan fingerprint density at radius 2 is 2.08 bits per heavy atom. The second-order valence-electron chi connectivity index (χ2n) is 2.23. The molecule has 0 unspecified atom stereocenters. The van der Waals surface area contributed by atoms with Crippen LogP contribution in [0, 0.1) is 0 Å². The summed E-state index contributed by atoms with van der Waals surface area (Å²) in [5, 5.41) is 8.51. The molecule has 6 heteroatoms. The van der Waals surface area contributed by atoms with Gasteiger partial charge >= 0.3 is 27.0 Å². The van der Waals surface area contributed by atoms with Crippen LogP contribution in [0.15, 0.2) is 23.9 Å². The van der Waals surface area contributed by atoms with Crippen molar-refractivity contribution in [3.8, 4) is 0 Å². The molecule has 76 valence electrons. The van der Waals surface area contributed by atoms with Crippen LogP contribution in [0.25, 0.3) is 0 Å². The molecular formula is C7H15N3O2Pt+4. The van der Waals surface area contributed by atoms with Gasteiger partial charge in [-0.05, 0) is 6.08 Å². The number of nitrogens with zero attached hydrogens (tertiary/aromatic N) is 1. The van der Waals surface area contributed by atoms with E-state index in [1.807, 2.05) is 18.0 Å². The van der Waals surface area contributed by atoms with Gasteiger partial charge in [0.05, 0.1) is 5.57 Å². The maximum atomic E-state index is 10.4. The second-order valence-corrected chi connectivity index (χ2v) is 2.23. The summed E-state index contributed by atoms with van der Waals surface area (Å²) < 4.78 is 0. The molecule has 0 amide bonds. The molecule has 0 atom stereocenters. The molecule has 1 aliphatic rings. The van der Waals surface area contributed by atoms with Crippen molar-refractivity contribution in [3.63, 3.8) is 0 Å². The van der Waals surface area contributed by atoms with Gasteiger partial charge in [0.1, 0.15) is 0 Å². The van der Waals surface area contributed by atoms with Crippen LogP contribution in [0.1, 0.15) is 0 Å². The molecule has 1 aliphatic heterocycles. The van der Waals surface area contributed by atoms with Gasteiger partial charge in [0.25, 0.3) is 0 Å². The van der Waals surface area contributed by atoms with Crippen molar-refractivity contribution in [2.24, 2.45) is 0 Å². The van der Waals surface area contributed by atoms with Crippen molar-refractivity contribution in [3.05, 3.63) is 23.9 Å². The fourth-order valence-electron chi connectivity index (χ4n) is 0.806. The number of hydrogen-bond acceptors (Lipinski definition) is 4. The molecule has 13 heavy (non-hydrogen) atoms. The van der Waals surface area contributed by atoms with Crippen molar-refractivity contribution in [2.75, 3.05) is 13.6 Å². The quantitative estimate of drug-likeness (QED) is 0.633. The first-order valence-electron chi connectivity index (χ1n) is 3.02. The van der Waals surface area contributed by atoms with Crippen molar-refractivity contribution < 1.29 is 31.0 Å². The van der Waals surface area contributed by atoms with Gasteiger partial charge < -0.3 is 22.3 Å². The number of likely N-dealkylation sites (N-methyl/N-ethyl adjacent to an activating group) is 1. The summed E-state index contributed by atoms with van der Waals surface area (Å²) in [6.07, 6.45) is 5.05. The molecule has 0 saturated carbocycles. The minimum absolute atomic E-state index is 0. The van der Waals surface area contributed by atoms with Gasteiger partial charge in [-0.15, -0.1) is 0 Å². The van der Waals surface area contributed by atoms with E-state index in [1.54, 1.807) is 12.3 Å². The van der Waals surface area contributed by atoms with E-state index in [9.17, 15) is 4.79 Å². The number of aliphatic carboxylic acids is 1. The summed E-state index contributed by atoms with van der Waals surface area (Å²) in [5.41, 5.74) is 0.341. The maximum Gasteiger partial charge on any atom is 4.00 e. The van der Waals surface area contributed by atoms with Gasteiger partial charge in [0.2, 0.25) is 0 Å². The van der Waals surface area contributed by atoms with Crippen LogP contribution in [0.2, 0.25) is 0 Å². The molecule has 1 rings (SSSR count). The minimum Gasteiger partial charge on any atom is -0.478 e. The summed E-state index contributed by atoms with van der Waals surface area (Å²) in [6, 6.07) is 0. The van der Waals surface area contributed by atoms with E-state index in [1.165, 1.54) is 0 Å². The molecule has 7 N–H and O–H groups in total. The molecule has 0 bridgehead atoms. The van der Waals surface area contributed by atoms with E-state index < -0.39 is 5.97 Å². The Bertz CT molecular complexity index is 216. The summed E-state index contributed by atoms with van der Waals surface area (Å²) >= 11 is 0. The fourth-order valence-corrected chi connectivity index (χ4v) is 0.806. The fraction of sp³-hybridized carbons (Fsp3) is 0.286. The summed E-state index contributed by atoms with van der Waals surface area (Å²) in [7, 11) is 1.84. The van der Waals surface area contributed by atoms with Crippen LogP contribution in [0.5, 0.6) is 0 Å². The first-order chi connectivity index (χ1) is 4.70. The Balaban J connectivity index is -0.000000333. The van der Waals surface area contributed by atoms with Gasteiger partial charge in [-0.1, -0.05) is 6.08 Å². The molecule has 0 saturated heterocycles. The molecule has 0 radical (unpaired) electrons. The van der Waals surface area contributed by atoms with E-state index in [2.05, 4.69) is 0 Å². The third-order valence-electron chi connectivity index (χ3n) is 1.30. The Morgan fingerprint density at radius 3 is 2.38 bits per heavy atom. The second kappa shape index (κ2) is 7.98. The van der Waals surface area contributed by atoms with Crippen LogP contribution in [-0.2, 0) is 25.9 Å². The van der Waals surface area contributed by atoms with E-state index >= 15 is 0 Å². The molecular weight excluding hydrogens is 353 g/mol. The zero-order chi connectivity index (χ0) is 7.56. The Hall–Kier alpha value is -0.642. The van der Waals surface area contributed by atoms with Gasteiger partial charge in [-0.3, -0.25) is 0 Å². The summed E-state index contributed by atoms with van der Waals surface area (Å²) in [6.45, 7) is 0.788. The van der Waals surface area contributed by atoms with E-state index in [0.29, 0.717) is 5.57 Å². The topological polar surface area (TPSA) is 111 Å². The summed E-state index contributed by atoms with van der Waals surface area (Å²) in [5.74, 6) is -0.872. The standard InChI is InChI=1S/C7H9NO2.2H3N.Pt/c1-8-4-2-3-6(5-8)7(9)10;;;/h2-3,5H,4H2,1H3,(H,9,10);2*1H3;/q;;;+4. The normalized spacial score (nSPS) is 13.0. The molecule has 0 aromatic heterocycles. The molecule has 0 aliphatic carbocycles. The number of carboxylic acids is 1. The van der Waals surface area contributed by atoms with E-state index in [4.69, 9.17) is 5.11 Å². The number of rotatable bonds is 1. The maximum absolute atomic E-state index is 10.4. The van der Waals surface area contributed by atoms with E-state index in [0.717, 1.165) is 6.54 Å². The number of hydrogen-bond donors (Lipinski definition) is 3. The van der Waals surface area contributed by atoms with Crippen LogP contribution in [-0.4, -0.2) is 29.6 Å². The SMILES string of the molecule is CN1C=C(C(=O)O)C=CC1.N.N.[Pt+4]. The predicted molar refractivity (Wildman–Crippen MR) is 47.5 cm³/mol. The van der Waals surface area contributed by atoms with Gasteiger partial charge in [-0.25, -0.2) is 4.79 Å². The Morgan fingerprint density at radius 1 is 1.54 bits per heavy atom. The average molecular weight is 368 g/mol. The Kier molecular flexibility index (Phi) is 11.2. The molecule has 5 nitrogen and oxygen atoms in total. The van der Waals surface area contributed by atoms with E-state index in [-0.39, 0.29) is 33.4 Å². The minimum atomic E-state index is -0.872. The summed E-state index contributed by atoms with van der Waals surface area (Å²) in [4.78, 5) is 12.2. The first kappa shape index (κ1) is 18.2. The Labute approximate surface area is 91.9 Å². The van der Waals surface area contributed by atoms with Crippen molar-refractivity contribution >= 4 is 5.97 Å². The van der Waals surface area contributed by atoms with Gasteiger partial charge in [-0.2, -0.15) is 0 Å². The van der Waals surface area contributed by atoms with Crippen LogP contribution < -0.4 is 12.3 Å². The van der Waals surface area contributed by atoms with Crippen LogP contribution >= 0.6 is 0 Å². The zero-order valence-corrected chi connectivity index (χ0v) is 9.74.